The zero-order valence-electron chi connectivity index (χ0n) is 13.3. The monoisotopic (exact) mass is 360 g/mol. The molecule has 2 aromatic carbocycles. The van der Waals surface area contributed by atoms with Gasteiger partial charge >= 0.3 is 5.69 Å². The predicted octanol–water partition coefficient (Wildman–Crippen LogP) is 1.77. The number of fused-ring (bicyclic) bond motifs is 1. The highest BCUT2D eigenvalue weighted by Crippen LogP contribution is 2.28. The van der Waals surface area contributed by atoms with Crippen LogP contribution in [0.25, 0.3) is 0 Å². The van der Waals surface area contributed by atoms with E-state index in [1.165, 1.54) is 12.1 Å². The number of hydrogen-bond acceptors (Lipinski definition) is 6. The molecule has 1 aliphatic rings. The second kappa shape index (κ2) is 6.89. The third-order valence-corrected chi connectivity index (χ3v) is 3.82. The Morgan fingerprint density at radius 1 is 1.15 bits per heavy atom. The minimum absolute atomic E-state index is 0.224. The van der Waals surface area contributed by atoms with Crippen molar-refractivity contribution >= 4 is 17.5 Å². The molecule has 0 radical (unpaired) electrons. The number of hydrogen-bond donors (Lipinski definition) is 1. The van der Waals surface area contributed by atoms with Crippen LogP contribution in [0.5, 0.6) is 5.75 Å². The van der Waals surface area contributed by atoms with Crippen LogP contribution in [0.2, 0.25) is 0 Å². The molecule has 2 aromatic rings. The molecule has 0 saturated heterocycles. The molecule has 0 saturated carbocycles. The van der Waals surface area contributed by atoms with Gasteiger partial charge in [-0.05, 0) is 24.3 Å². The molecule has 1 N–H and O–H groups in total. The van der Waals surface area contributed by atoms with Gasteiger partial charge in [0.2, 0.25) is 0 Å². The summed E-state index contributed by atoms with van der Waals surface area (Å²) < 4.78 is 18.3. The summed E-state index contributed by atoms with van der Waals surface area (Å²) in [6.45, 7) is -0.749. The summed E-state index contributed by atoms with van der Waals surface area (Å²) in [5, 5.41) is 21.0. The first kappa shape index (κ1) is 17.5. The fraction of sp³-hybridized carbons (Fsp3) is 0.176. The van der Waals surface area contributed by atoms with Gasteiger partial charge in [-0.15, -0.1) is 0 Å². The van der Waals surface area contributed by atoms with Gasteiger partial charge in [0.05, 0.1) is 28.7 Å². The van der Waals surface area contributed by atoms with Gasteiger partial charge < -0.3 is 9.84 Å². The standard InChI is InChI=1S/C17H13FN2O6/c18-10-5-6-15(14(7-10)20(24)25)26-9-11(21)8-19-16(22)12-3-1-2-4-13(12)17(19)23/h1-7,11,21H,8-9H2. The summed E-state index contributed by atoms with van der Waals surface area (Å²) in [6.07, 6.45) is -1.28. The molecule has 2 amide bonds. The van der Waals surface area contributed by atoms with Crippen molar-refractivity contribution in [2.75, 3.05) is 13.2 Å². The number of rotatable bonds is 6. The van der Waals surface area contributed by atoms with Crippen LogP contribution in [0.1, 0.15) is 20.7 Å². The Morgan fingerprint density at radius 2 is 1.77 bits per heavy atom. The van der Waals surface area contributed by atoms with Crippen LogP contribution in [0.3, 0.4) is 0 Å². The Labute approximate surface area is 146 Å². The van der Waals surface area contributed by atoms with E-state index in [1.807, 2.05) is 0 Å². The number of ether oxygens (including phenoxy) is 1. The first-order chi connectivity index (χ1) is 12.4. The van der Waals surface area contributed by atoms with Crippen LogP contribution < -0.4 is 4.74 Å². The number of aliphatic hydroxyl groups excluding tert-OH is 1. The summed E-state index contributed by atoms with van der Waals surface area (Å²) in [7, 11) is 0. The largest absolute Gasteiger partial charge is 0.484 e. The van der Waals surface area contributed by atoms with Crippen molar-refractivity contribution in [2.24, 2.45) is 0 Å². The second-order valence-electron chi connectivity index (χ2n) is 5.60. The molecular weight excluding hydrogens is 347 g/mol. The average molecular weight is 360 g/mol. The highest BCUT2D eigenvalue weighted by molar-refractivity contribution is 6.21. The lowest BCUT2D eigenvalue weighted by atomic mass is 10.1. The van der Waals surface area contributed by atoms with Gasteiger partial charge in [0, 0.05) is 0 Å². The third-order valence-electron chi connectivity index (χ3n) is 3.82. The third kappa shape index (κ3) is 3.24. The van der Waals surface area contributed by atoms with Crippen molar-refractivity contribution in [3.63, 3.8) is 0 Å². The van der Waals surface area contributed by atoms with E-state index in [0.29, 0.717) is 6.07 Å². The van der Waals surface area contributed by atoms with Crippen molar-refractivity contribution in [3.05, 3.63) is 69.5 Å². The topological polar surface area (TPSA) is 110 Å². The number of nitro benzene ring substituents is 1. The summed E-state index contributed by atoms with van der Waals surface area (Å²) in [5.74, 6) is -2.08. The Bertz CT molecular complexity index is 866. The van der Waals surface area contributed by atoms with Gasteiger partial charge in [0.1, 0.15) is 18.5 Å². The predicted molar refractivity (Wildman–Crippen MR) is 86.4 cm³/mol. The number of benzene rings is 2. The molecule has 0 spiro atoms. The zero-order chi connectivity index (χ0) is 18.8. The molecule has 8 nitrogen and oxygen atoms in total. The lowest BCUT2D eigenvalue weighted by Crippen LogP contribution is -2.39. The molecule has 0 fully saturated rings. The summed E-state index contributed by atoms with van der Waals surface area (Å²) in [4.78, 5) is 35.4. The van der Waals surface area contributed by atoms with Crippen molar-refractivity contribution < 1.29 is 28.7 Å². The van der Waals surface area contributed by atoms with Gasteiger partial charge in [-0.3, -0.25) is 24.6 Å². The molecule has 26 heavy (non-hydrogen) atoms. The van der Waals surface area contributed by atoms with Crippen molar-refractivity contribution in [3.8, 4) is 5.75 Å². The maximum atomic E-state index is 13.1. The maximum absolute atomic E-state index is 13.1. The highest BCUT2D eigenvalue weighted by atomic mass is 19.1. The minimum Gasteiger partial charge on any atom is -0.484 e. The lowest BCUT2D eigenvalue weighted by Gasteiger charge is -2.18. The molecule has 1 atom stereocenters. The quantitative estimate of drug-likeness (QED) is 0.478. The van der Waals surface area contributed by atoms with E-state index in [0.717, 1.165) is 17.0 Å². The Balaban J connectivity index is 1.66. The summed E-state index contributed by atoms with van der Waals surface area (Å²) in [5.41, 5.74) is -0.0856. The first-order valence-electron chi connectivity index (χ1n) is 7.58. The number of imide groups is 1. The average Bonchev–Trinajstić information content (AvgIpc) is 2.86. The molecule has 3 rings (SSSR count). The number of aliphatic hydroxyl groups is 1. The van der Waals surface area contributed by atoms with E-state index in [-0.39, 0.29) is 23.4 Å². The number of nitro groups is 1. The number of carbonyl (C=O) groups is 2. The SMILES string of the molecule is O=C1c2ccccc2C(=O)N1CC(O)COc1ccc(F)cc1[N+](=O)[O-]. The maximum Gasteiger partial charge on any atom is 0.313 e. The second-order valence-corrected chi connectivity index (χ2v) is 5.60. The molecule has 1 unspecified atom stereocenters. The molecule has 0 bridgehead atoms. The van der Waals surface area contributed by atoms with Gasteiger partial charge in [-0.1, -0.05) is 12.1 Å². The number of carbonyl (C=O) groups excluding carboxylic acids is 2. The smallest absolute Gasteiger partial charge is 0.313 e. The Morgan fingerprint density at radius 3 is 2.35 bits per heavy atom. The van der Waals surface area contributed by atoms with Crippen LogP contribution in [0, 0.1) is 15.9 Å². The number of nitrogens with zero attached hydrogens (tertiary/aromatic N) is 2. The van der Waals surface area contributed by atoms with Gasteiger partial charge in [-0.25, -0.2) is 4.39 Å². The van der Waals surface area contributed by atoms with E-state index >= 15 is 0 Å². The molecule has 1 heterocycles. The summed E-state index contributed by atoms with van der Waals surface area (Å²) >= 11 is 0. The molecule has 134 valence electrons. The molecule has 1 aliphatic heterocycles. The van der Waals surface area contributed by atoms with Crippen LogP contribution in [-0.4, -0.2) is 46.0 Å². The fourth-order valence-corrected chi connectivity index (χ4v) is 2.61. The minimum atomic E-state index is -1.28. The van der Waals surface area contributed by atoms with E-state index in [4.69, 9.17) is 4.74 Å². The van der Waals surface area contributed by atoms with Crippen LogP contribution in [0.15, 0.2) is 42.5 Å². The zero-order valence-corrected chi connectivity index (χ0v) is 13.3. The fourth-order valence-electron chi connectivity index (χ4n) is 2.61. The highest BCUT2D eigenvalue weighted by Gasteiger charge is 2.36. The molecule has 9 heteroatoms. The van der Waals surface area contributed by atoms with E-state index in [9.17, 15) is 29.2 Å². The van der Waals surface area contributed by atoms with Crippen molar-refractivity contribution in [2.45, 2.75) is 6.10 Å². The van der Waals surface area contributed by atoms with E-state index in [2.05, 4.69) is 0 Å². The first-order valence-corrected chi connectivity index (χ1v) is 7.58. The molecule has 0 aliphatic carbocycles. The molecular formula is C17H13FN2O6. The van der Waals surface area contributed by atoms with Gasteiger partial charge in [0.15, 0.2) is 5.75 Å². The normalized spacial score (nSPS) is 14.3. The number of amides is 2. The van der Waals surface area contributed by atoms with Crippen LogP contribution in [0.4, 0.5) is 10.1 Å². The Kier molecular flexibility index (Phi) is 4.63. The van der Waals surface area contributed by atoms with E-state index in [1.54, 1.807) is 12.1 Å². The lowest BCUT2D eigenvalue weighted by molar-refractivity contribution is -0.386. The van der Waals surface area contributed by atoms with Crippen LogP contribution in [-0.2, 0) is 0 Å². The van der Waals surface area contributed by atoms with Crippen molar-refractivity contribution in [1.82, 2.24) is 4.90 Å². The van der Waals surface area contributed by atoms with Gasteiger partial charge in [0.25, 0.3) is 11.8 Å². The number of β-amino-alcohol motifs (C(OH)–C–C–N with tert-alkyl or cyclic N) is 1. The van der Waals surface area contributed by atoms with Crippen LogP contribution >= 0.6 is 0 Å². The van der Waals surface area contributed by atoms with Crippen molar-refractivity contribution in [1.29, 1.82) is 0 Å². The van der Waals surface area contributed by atoms with E-state index < -0.39 is 41.0 Å². The molecule has 0 aromatic heterocycles. The van der Waals surface area contributed by atoms with Gasteiger partial charge in [-0.2, -0.15) is 0 Å². The Hall–Kier alpha value is -3.33. The number of halogens is 1. The summed E-state index contributed by atoms with van der Waals surface area (Å²) in [6, 6.07) is 9.04.